The topological polar surface area (TPSA) is 56.8 Å². The Balaban J connectivity index is 1.93. The normalized spacial score (nSPS) is 10.4. The molecular weight excluding hydrogens is 330 g/mol. The fourth-order valence-electron chi connectivity index (χ4n) is 2.64. The minimum atomic E-state index is -0.0843. The average molecular weight is 357 g/mol. The van der Waals surface area contributed by atoms with E-state index in [4.69, 9.17) is 14.2 Å². The molecular formula is C21H27NO4. The van der Waals surface area contributed by atoms with Crippen LogP contribution in [0.2, 0.25) is 0 Å². The first-order chi connectivity index (χ1) is 12.7. The Morgan fingerprint density at radius 2 is 1.73 bits per heavy atom. The van der Waals surface area contributed by atoms with Crippen LogP contribution >= 0.6 is 0 Å². The van der Waals surface area contributed by atoms with E-state index < -0.39 is 0 Å². The maximum absolute atomic E-state index is 12.3. The summed E-state index contributed by atoms with van der Waals surface area (Å²) in [6, 6.07) is 13.3. The van der Waals surface area contributed by atoms with Crippen LogP contribution in [0.4, 0.5) is 0 Å². The van der Waals surface area contributed by atoms with Crippen LogP contribution in [0.3, 0.4) is 0 Å². The molecule has 5 nitrogen and oxygen atoms in total. The molecule has 0 saturated carbocycles. The number of amides is 1. The molecule has 0 spiro atoms. The number of ether oxygens (including phenoxy) is 3. The molecule has 0 aliphatic heterocycles. The quantitative estimate of drug-likeness (QED) is 0.706. The third-order valence-electron chi connectivity index (χ3n) is 3.81. The van der Waals surface area contributed by atoms with E-state index in [0.29, 0.717) is 31.9 Å². The number of carbonyl (C=O) groups is 1. The second kappa shape index (κ2) is 10.5. The van der Waals surface area contributed by atoms with Gasteiger partial charge in [0.05, 0.1) is 19.8 Å². The summed E-state index contributed by atoms with van der Waals surface area (Å²) in [5.41, 5.74) is 2.71. The summed E-state index contributed by atoms with van der Waals surface area (Å²) < 4.78 is 16.3. The highest BCUT2D eigenvalue weighted by molar-refractivity contribution is 5.94. The fraction of sp³-hybridized carbons (Fsp3) is 0.381. The SMILES string of the molecule is CCOc1ccc(CCNC(=O)c2cccc(COC)c2)cc1OCC. The van der Waals surface area contributed by atoms with Gasteiger partial charge in [-0.2, -0.15) is 0 Å². The number of rotatable bonds is 10. The second-order valence-electron chi connectivity index (χ2n) is 5.79. The lowest BCUT2D eigenvalue weighted by Gasteiger charge is -2.13. The van der Waals surface area contributed by atoms with Crippen LogP contribution in [-0.2, 0) is 17.8 Å². The molecule has 0 fully saturated rings. The van der Waals surface area contributed by atoms with Crippen molar-refractivity contribution in [2.24, 2.45) is 0 Å². The molecule has 0 radical (unpaired) electrons. The Labute approximate surface area is 155 Å². The maximum Gasteiger partial charge on any atom is 0.251 e. The maximum atomic E-state index is 12.3. The van der Waals surface area contributed by atoms with Gasteiger partial charge < -0.3 is 19.5 Å². The van der Waals surface area contributed by atoms with E-state index in [1.807, 2.05) is 50.2 Å². The number of benzene rings is 2. The Bertz CT molecular complexity index is 715. The number of carbonyl (C=O) groups excluding carboxylic acids is 1. The molecule has 0 heterocycles. The van der Waals surface area contributed by atoms with Crippen LogP contribution < -0.4 is 14.8 Å². The van der Waals surface area contributed by atoms with Gasteiger partial charge in [0, 0.05) is 19.2 Å². The predicted octanol–water partition coefficient (Wildman–Crippen LogP) is 3.60. The van der Waals surface area contributed by atoms with Gasteiger partial charge in [-0.3, -0.25) is 4.79 Å². The van der Waals surface area contributed by atoms with Crippen molar-refractivity contribution in [3.05, 3.63) is 59.2 Å². The molecule has 0 aliphatic rings. The van der Waals surface area contributed by atoms with Crippen LogP contribution in [-0.4, -0.2) is 32.8 Å². The first-order valence-electron chi connectivity index (χ1n) is 8.92. The molecule has 0 bridgehead atoms. The standard InChI is InChI=1S/C21H27NO4/c1-4-25-19-10-9-16(14-20(19)26-5-2)11-12-22-21(23)18-8-6-7-17(13-18)15-24-3/h6-10,13-14H,4-5,11-12,15H2,1-3H3,(H,22,23). The largest absolute Gasteiger partial charge is 0.490 e. The van der Waals surface area contributed by atoms with E-state index in [-0.39, 0.29) is 5.91 Å². The van der Waals surface area contributed by atoms with Gasteiger partial charge in [-0.05, 0) is 55.7 Å². The lowest BCUT2D eigenvalue weighted by atomic mass is 10.1. The summed E-state index contributed by atoms with van der Waals surface area (Å²) in [5, 5.41) is 2.96. The van der Waals surface area contributed by atoms with E-state index in [1.54, 1.807) is 13.2 Å². The molecule has 0 saturated heterocycles. The molecule has 5 heteroatoms. The summed E-state index contributed by atoms with van der Waals surface area (Å²) in [6.45, 7) is 6.11. The van der Waals surface area contributed by atoms with Gasteiger partial charge in [0.25, 0.3) is 5.91 Å². The number of hydrogen-bond acceptors (Lipinski definition) is 4. The molecule has 0 unspecified atom stereocenters. The second-order valence-corrected chi connectivity index (χ2v) is 5.79. The van der Waals surface area contributed by atoms with Gasteiger partial charge in [-0.15, -0.1) is 0 Å². The van der Waals surface area contributed by atoms with Crippen molar-refractivity contribution in [2.75, 3.05) is 26.9 Å². The van der Waals surface area contributed by atoms with Crippen molar-refractivity contribution in [3.8, 4) is 11.5 Å². The van der Waals surface area contributed by atoms with Crippen molar-refractivity contribution in [2.45, 2.75) is 26.9 Å². The first kappa shape index (κ1) is 19.8. The summed E-state index contributed by atoms with van der Waals surface area (Å²) in [5.74, 6) is 1.40. The Hall–Kier alpha value is -2.53. The van der Waals surface area contributed by atoms with E-state index in [2.05, 4.69) is 5.32 Å². The summed E-state index contributed by atoms with van der Waals surface area (Å²) in [6.07, 6.45) is 0.718. The van der Waals surface area contributed by atoms with E-state index >= 15 is 0 Å². The third-order valence-corrected chi connectivity index (χ3v) is 3.81. The van der Waals surface area contributed by atoms with Crippen molar-refractivity contribution >= 4 is 5.91 Å². The molecule has 0 aliphatic carbocycles. The minimum absolute atomic E-state index is 0.0843. The van der Waals surface area contributed by atoms with Crippen molar-refractivity contribution < 1.29 is 19.0 Å². The highest BCUT2D eigenvalue weighted by Gasteiger charge is 2.08. The lowest BCUT2D eigenvalue weighted by molar-refractivity contribution is 0.0954. The van der Waals surface area contributed by atoms with Gasteiger partial charge in [0.15, 0.2) is 11.5 Å². The minimum Gasteiger partial charge on any atom is -0.490 e. The lowest BCUT2D eigenvalue weighted by Crippen LogP contribution is -2.25. The molecule has 1 N–H and O–H groups in total. The van der Waals surface area contributed by atoms with Crippen LogP contribution in [0.15, 0.2) is 42.5 Å². The molecule has 26 heavy (non-hydrogen) atoms. The van der Waals surface area contributed by atoms with E-state index in [0.717, 1.165) is 29.0 Å². The zero-order valence-corrected chi connectivity index (χ0v) is 15.7. The Morgan fingerprint density at radius 1 is 0.962 bits per heavy atom. The van der Waals surface area contributed by atoms with Crippen molar-refractivity contribution in [3.63, 3.8) is 0 Å². The monoisotopic (exact) mass is 357 g/mol. The van der Waals surface area contributed by atoms with Crippen molar-refractivity contribution in [1.29, 1.82) is 0 Å². The van der Waals surface area contributed by atoms with E-state index in [1.165, 1.54) is 0 Å². The molecule has 0 atom stereocenters. The highest BCUT2D eigenvalue weighted by Crippen LogP contribution is 2.28. The average Bonchev–Trinajstić information content (AvgIpc) is 2.64. The highest BCUT2D eigenvalue weighted by atomic mass is 16.5. The van der Waals surface area contributed by atoms with Crippen molar-refractivity contribution in [1.82, 2.24) is 5.32 Å². The summed E-state index contributed by atoms with van der Waals surface area (Å²) in [4.78, 5) is 12.3. The summed E-state index contributed by atoms with van der Waals surface area (Å²) in [7, 11) is 1.64. The van der Waals surface area contributed by atoms with Crippen LogP contribution in [0, 0.1) is 0 Å². The number of hydrogen-bond donors (Lipinski definition) is 1. The smallest absolute Gasteiger partial charge is 0.251 e. The Kier molecular flexibility index (Phi) is 7.96. The Morgan fingerprint density at radius 3 is 2.46 bits per heavy atom. The third kappa shape index (κ3) is 5.77. The number of nitrogens with one attached hydrogen (secondary N) is 1. The van der Waals surface area contributed by atoms with Gasteiger partial charge in [-0.25, -0.2) is 0 Å². The molecule has 0 aromatic heterocycles. The number of methoxy groups -OCH3 is 1. The van der Waals surface area contributed by atoms with Crippen LogP contribution in [0.1, 0.15) is 35.3 Å². The van der Waals surface area contributed by atoms with Gasteiger partial charge in [0.1, 0.15) is 0 Å². The molecule has 140 valence electrons. The van der Waals surface area contributed by atoms with Gasteiger partial charge in [0.2, 0.25) is 0 Å². The predicted molar refractivity (Wildman–Crippen MR) is 102 cm³/mol. The summed E-state index contributed by atoms with van der Waals surface area (Å²) >= 11 is 0. The van der Waals surface area contributed by atoms with Crippen LogP contribution in [0.25, 0.3) is 0 Å². The molecule has 2 aromatic carbocycles. The van der Waals surface area contributed by atoms with Gasteiger partial charge in [-0.1, -0.05) is 18.2 Å². The molecule has 2 aromatic rings. The van der Waals surface area contributed by atoms with Gasteiger partial charge >= 0.3 is 0 Å². The molecule has 1 amide bonds. The molecule has 2 rings (SSSR count). The van der Waals surface area contributed by atoms with Crippen LogP contribution in [0.5, 0.6) is 11.5 Å². The first-order valence-corrected chi connectivity index (χ1v) is 8.92. The zero-order valence-electron chi connectivity index (χ0n) is 15.7. The fourth-order valence-corrected chi connectivity index (χ4v) is 2.64. The zero-order chi connectivity index (χ0) is 18.8. The van der Waals surface area contributed by atoms with E-state index in [9.17, 15) is 4.79 Å².